The van der Waals surface area contributed by atoms with Crippen molar-refractivity contribution < 1.29 is 13.2 Å². The van der Waals surface area contributed by atoms with Crippen LogP contribution in [0.2, 0.25) is 5.02 Å². The van der Waals surface area contributed by atoms with Crippen molar-refractivity contribution in [1.82, 2.24) is 4.90 Å². The van der Waals surface area contributed by atoms with Gasteiger partial charge in [-0.15, -0.1) is 0 Å². The number of halogens is 1. The molecule has 0 radical (unpaired) electrons. The number of benzene rings is 2. The Balaban J connectivity index is 1.59. The number of sulfonamides is 1. The Hall–Kier alpha value is -2.05. The summed E-state index contributed by atoms with van der Waals surface area (Å²) in [6, 6.07) is 12.0. The Morgan fingerprint density at radius 3 is 2.63 bits per heavy atom. The molecule has 7 heteroatoms. The molecule has 0 N–H and O–H groups in total. The van der Waals surface area contributed by atoms with Gasteiger partial charge in [0.1, 0.15) is 4.90 Å². The van der Waals surface area contributed by atoms with Crippen molar-refractivity contribution in [2.24, 2.45) is 5.92 Å². The minimum atomic E-state index is -3.86. The van der Waals surface area contributed by atoms with Crippen LogP contribution >= 0.6 is 11.6 Å². The highest BCUT2D eigenvalue weighted by atomic mass is 35.5. The summed E-state index contributed by atoms with van der Waals surface area (Å²) in [4.78, 5) is 14.7. The van der Waals surface area contributed by atoms with Gasteiger partial charge < -0.3 is 4.90 Å². The highest BCUT2D eigenvalue weighted by Crippen LogP contribution is 2.35. The van der Waals surface area contributed by atoms with E-state index >= 15 is 0 Å². The summed E-state index contributed by atoms with van der Waals surface area (Å²) in [6.07, 6.45) is 6.65. The zero-order valence-corrected chi connectivity index (χ0v) is 18.8. The second-order valence-electron chi connectivity index (χ2n) is 8.29. The van der Waals surface area contributed by atoms with Gasteiger partial charge in [0, 0.05) is 25.7 Å². The number of anilines is 1. The molecule has 2 aliphatic rings. The van der Waals surface area contributed by atoms with E-state index in [0.29, 0.717) is 36.7 Å². The van der Waals surface area contributed by atoms with Crippen molar-refractivity contribution >= 4 is 33.2 Å². The van der Waals surface area contributed by atoms with Gasteiger partial charge in [0.25, 0.3) is 15.9 Å². The molecule has 1 aliphatic carbocycles. The van der Waals surface area contributed by atoms with E-state index in [1.807, 2.05) is 18.2 Å². The van der Waals surface area contributed by atoms with Crippen LogP contribution < -0.4 is 4.31 Å². The molecular weight excluding hydrogens is 420 g/mol. The van der Waals surface area contributed by atoms with E-state index in [1.165, 1.54) is 35.7 Å². The Labute approximate surface area is 183 Å². The number of carbonyl (C=O) groups excluding carboxylic acids is 1. The summed E-state index contributed by atoms with van der Waals surface area (Å²) in [7, 11) is -2.07. The highest BCUT2D eigenvalue weighted by molar-refractivity contribution is 7.93. The zero-order chi connectivity index (χ0) is 21.3. The second-order valence-corrected chi connectivity index (χ2v) is 10.5. The molecule has 0 atom stereocenters. The van der Waals surface area contributed by atoms with E-state index in [9.17, 15) is 13.2 Å². The smallest absolute Gasteiger partial charge is 0.265 e. The Bertz CT molecular complexity index is 1050. The average Bonchev–Trinajstić information content (AvgIpc) is 3.19. The van der Waals surface area contributed by atoms with Gasteiger partial charge in [-0.2, -0.15) is 0 Å². The molecule has 0 unspecified atom stereocenters. The van der Waals surface area contributed by atoms with Crippen LogP contribution in [0.3, 0.4) is 0 Å². The Kier molecular flexibility index (Phi) is 6.07. The zero-order valence-electron chi connectivity index (χ0n) is 17.2. The van der Waals surface area contributed by atoms with Crippen LogP contribution in [0.5, 0.6) is 0 Å². The summed E-state index contributed by atoms with van der Waals surface area (Å²) >= 11 is 6.30. The molecule has 1 saturated carbocycles. The van der Waals surface area contributed by atoms with Crippen LogP contribution in [-0.2, 0) is 16.4 Å². The normalized spacial score (nSPS) is 17.1. The molecule has 0 bridgehead atoms. The lowest BCUT2D eigenvalue weighted by molar-refractivity contribution is 0.0760. The van der Waals surface area contributed by atoms with Crippen LogP contribution in [0.25, 0.3) is 0 Å². The van der Waals surface area contributed by atoms with Crippen LogP contribution in [-0.4, -0.2) is 39.4 Å². The van der Waals surface area contributed by atoms with E-state index in [1.54, 1.807) is 24.1 Å². The topological polar surface area (TPSA) is 57.7 Å². The minimum Gasteiger partial charge on any atom is -0.341 e. The van der Waals surface area contributed by atoms with Crippen molar-refractivity contribution in [3.8, 4) is 0 Å². The molecule has 30 heavy (non-hydrogen) atoms. The molecule has 2 aromatic carbocycles. The molecule has 1 heterocycles. The predicted molar refractivity (Wildman–Crippen MR) is 120 cm³/mol. The SMILES string of the molecule is CN(CC1CCCCC1)C(=O)c1ccc(Cl)c(S(=O)(=O)N2CCc3ccccc32)c1. The van der Waals surface area contributed by atoms with Crippen molar-refractivity contribution in [2.75, 3.05) is 24.4 Å². The first-order valence-electron chi connectivity index (χ1n) is 10.5. The molecule has 0 aromatic heterocycles. The Morgan fingerprint density at radius 2 is 1.87 bits per heavy atom. The van der Waals surface area contributed by atoms with Crippen molar-refractivity contribution in [3.63, 3.8) is 0 Å². The number of amides is 1. The third-order valence-electron chi connectivity index (χ3n) is 6.19. The maximum atomic E-state index is 13.4. The summed E-state index contributed by atoms with van der Waals surface area (Å²) in [5.74, 6) is 0.347. The third kappa shape index (κ3) is 4.08. The molecule has 0 spiro atoms. The molecule has 0 saturated heterocycles. The molecule has 2 aromatic rings. The standard InChI is InChI=1S/C23H27ClN2O3S/c1-25(16-17-7-3-2-4-8-17)23(27)19-11-12-20(24)22(15-19)30(28,29)26-14-13-18-9-5-6-10-21(18)26/h5-6,9-12,15,17H,2-4,7-8,13-14,16H2,1H3. The summed E-state index contributed by atoms with van der Waals surface area (Å²) in [6.45, 7) is 1.07. The lowest BCUT2D eigenvalue weighted by atomic mass is 9.89. The second kappa shape index (κ2) is 8.60. The van der Waals surface area contributed by atoms with Crippen LogP contribution in [0.4, 0.5) is 5.69 Å². The van der Waals surface area contributed by atoms with Gasteiger partial charge in [0.2, 0.25) is 0 Å². The van der Waals surface area contributed by atoms with E-state index in [4.69, 9.17) is 11.6 Å². The third-order valence-corrected chi connectivity index (χ3v) is 8.49. The fraction of sp³-hybridized carbons (Fsp3) is 0.435. The maximum absolute atomic E-state index is 13.4. The first kappa shape index (κ1) is 21.2. The highest BCUT2D eigenvalue weighted by Gasteiger charge is 2.33. The Morgan fingerprint density at radius 1 is 1.13 bits per heavy atom. The van der Waals surface area contributed by atoms with Crippen LogP contribution in [0.1, 0.15) is 48.0 Å². The molecule has 1 aliphatic heterocycles. The number of para-hydroxylation sites is 1. The maximum Gasteiger partial charge on any atom is 0.265 e. The summed E-state index contributed by atoms with van der Waals surface area (Å²) in [5, 5.41) is 0.130. The van der Waals surface area contributed by atoms with Gasteiger partial charge in [-0.3, -0.25) is 9.10 Å². The van der Waals surface area contributed by atoms with Gasteiger partial charge in [-0.25, -0.2) is 8.42 Å². The molecule has 4 rings (SSSR count). The molecule has 1 fully saturated rings. The number of hydrogen-bond donors (Lipinski definition) is 0. The number of hydrogen-bond acceptors (Lipinski definition) is 3. The van der Waals surface area contributed by atoms with Gasteiger partial charge in [0.05, 0.1) is 10.7 Å². The average molecular weight is 447 g/mol. The van der Waals surface area contributed by atoms with Crippen molar-refractivity contribution in [2.45, 2.75) is 43.4 Å². The fourth-order valence-electron chi connectivity index (χ4n) is 4.57. The summed E-state index contributed by atoms with van der Waals surface area (Å²) < 4.78 is 28.2. The fourth-order valence-corrected chi connectivity index (χ4v) is 6.58. The van der Waals surface area contributed by atoms with Crippen molar-refractivity contribution in [3.05, 3.63) is 58.6 Å². The van der Waals surface area contributed by atoms with E-state index in [0.717, 1.165) is 18.4 Å². The predicted octanol–water partition coefficient (Wildman–Crippen LogP) is 4.74. The van der Waals surface area contributed by atoms with Gasteiger partial charge >= 0.3 is 0 Å². The van der Waals surface area contributed by atoms with Crippen LogP contribution in [0, 0.1) is 5.92 Å². The van der Waals surface area contributed by atoms with Crippen molar-refractivity contribution in [1.29, 1.82) is 0 Å². The number of carbonyl (C=O) groups is 1. The largest absolute Gasteiger partial charge is 0.341 e. The number of rotatable bonds is 5. The molecular formula is C23H27ClN2O3S. The van der Waals surface area contributed by atoms with E-state index in [-0.39, 0.29) is 15.8 Å². The van der Waals surface area contributed by atoms with Gasteiger partial charge in [-0.05, 0) is 55.0 Å². The van der Waals surface area contributed by atoms with E-state index < -0.39 is 10.0 Å². The quantitative estimate of drug-likeness (QED) is 0.666. The first-order valence-corrected chi connectivity index (χ1v) is 12.4. The lowest BCUT2D eigenvalue weighted by Crippen LogP contribution is -2.33. The monoisotopic (exact) mass is 446 g/mol. The van der Waals surface area contributed by atoms with Crippen LogP contribution in [0.15, 0.2) is 47.4 Å². The molecule has 1 amide bonds. The number of fused-ring (bicyclic) bond motifs is 1. The minimum absolute atomic E-state index is 0.0159. The van der Waals surface area contributed by atoms with Gasteiger partial charge in [-0.1, -0.05) is 49.1 Å². The van der Waals surface area contributed by atoms with E-state index in [2.05, 4.69) is 0 Å². The van der Waals surface area contributed by atoms with Gasteiger partial charge in [0.15, 0.2) is 0 Å². The molecule has 160 valence electrons. The summed E-state index contributed by atoms with van der Waals surface area (Å²) in [5.41, 5.74) is 2.03. The molecule has 5 nitrogen and oxygen atoms in total. The lowest BCUT2D eigenvalue weighted by Gasteiger charge is -2.27. The number of nitrogens with zero attached hydrogens (tertiary/aromatic N) is 2. The first-order chi connectivity index (χ1) is 14.4.